The third-order valence-corrected chi connectivity index (χ3v) is 2.09. The van der Waals surface area contributed by atoms with Crippen molar-refractivity contribution in [1.82, 2.24) is 0 Å². The van der Waals surface area contributed by atoms with E-state index in [0.29, 0.717) is 11.3 Å². The molecule has 14 heavy (non-hydrogen) atoms. The lowest BCUT2D eigenvalue weighted by Gasteiger charge is -2.01. The first-order valence-corrected chi connectivity index (χ1v) is 4.36. The first-order valence-electron chi connectivity index (χ1n) is 4.36. The van der Waals surface area contributed by atoms with Gasteiger partial charge in [-0.3, -0.25) is 4.79 Å². The Morgan fingerprint density at radius 3 is 2.79 bits per heavy atom. The number of halogens is 1. The van der Waals surface area contributed by atoms with E-state index in [1.165, 1.54) is 12.1 Å². The molecule has 0 radical (unpaired) electrons. The van der Waals surface area contributed by atoms with Gasteiger partial charge in [-0.15, -0.1) is 0 Å². The fraction of sp³-hybridized carbons (Fsp3) is 0.182. The van der Waals surface area contributed by atoms with Crippen molar-refractivity contribution in [2.45, 2.75) is 6.92 Å². The lowest BCUT2D eigenvalue weighted by atomic mass is 10.1. The normalized spacial score (nSPS) is 20.6. The molecule has 0 fully saturated rings. The number of benzene rings is 1. The highest BCUT2D eigenvalue weighted by atomic mass is 19.1. The van der Waals surface area contributed by atoms with Crippen LogP contribution in [-0.4, -0.2) is 5.97 Å². The van der Waals surface area contributed by atoms with Crippen LogP contribution < -0.4 is 0 Å². The molecule has 2 nitrogen and oxygen atoms in total. The van der Waals surface area contributed by atoms with E-state index < -0.39 is 0 Å². The molecule has 72 valence electrons. The summed E-state index contributed by atoms with van der Waals surface area (Å²) in [5, 5.41) is 0. The van der Waals surface area contributed by atoms with Gasteiger partial charge in [-0.2, -0.15) is 0 Å². The minimum absolute atomic E-state index is 0.242. The van der Waals surface area contributed by atoms with Crippen molar-refractivity contribution in [2.24, 2.45) is 5.92 Å². The zero-order chi connectivity index (χ0) is 10.1. The van der Waals surface area contributed by atoms with E-state index in [4.69, 9.17) is 4.74 Å². The second-order valence-corrected chi connectivity index (χ2v) is 3.25. The SMILES string of the molecule is CC1C=C(c2cccc(F)c2)OC1=O. The van der Waals surface area contributed by atoms with Crippen molar-refractivity contribution in [3.05, 3.63) is 41.7 Å². The van der Waals surface area contributed by atoms with Crippen molar-refractivity contribution in [3.8, 4) is 0 Å². The number of esters is 1. The molecule has 0 aromatic heterocycles. The number of ether oxygens (including phenoxy) is 1. The van der Waals surface area contributed by atoms with Gasteiger partial charge in [-0.05, 0) is 25.1 Å². The number of cyclic esters (lactones) is 1. The van der Waals surface area contributed by atoms with Crippen molar-refractivity contribution in [2.75, 3.05) is 0 Å². The number of hydrogen-bond acceptors (Lipinski definition) is 2. The maximum Gasteiger partial charge on any atom is 0.318 e. The summed E-state index contributed by atoms with van der Waals surface area (Å²) in [5.74, 6) is -0.418. The molecule has 1 aliphatic heterocycles. The van der Waals surface area contributed by atoms with E-state index in [0.717, 1.165) is 0 Å². The standard InChI is InChI=1S/C11H9FO2/c1-7-5-10(14-11(7)13)8-3-2-4-9(12)6-8/h2-7H,1H3. The summed E-state index contributed by atoms with van der Waals surface area (Å²) < 4.78 is 17.8. The van der Waals surface area contributed by atoms with Crippen LogP contribution in [0.4, 0.5) is 4.39 Å². The van der Waals surface area contributed by atoms with Gasteiger partial charge in [-0.1, -0.05) is 12.1 Å². The monoisotopic (exact) mass is 192 g/mol. The Hall–Kier alpha value is -1.64. The van der Waals surface area contributed by atoms with Crippen molar-refractivity contribution < 1.29 is 13.9 Å². The number of carbonyl (C=O) groups is 1. The van der Waals surface area contributed by atoms with Crippen LogP contribution in [0.5, 0.6) is 0 Å². The van der Waals surface area contributed by atoms with E-state index in [-0.39, 0.29) is 17.7 Å². The quantitative estimate of drug-likeness (QED) is 0.638. The highest BCUT2D eigenvalue weighted by Gasteiger charge is 2.23. The van der Waals surface area contributed by atoms with Gasteiger partial charge in [0.1, 0.15) is 11.6 Å². The minimum Gasteiger partial charge on any atom is -0.426 e. The Labute approximate surface area is 81.0 Å². The Morgan fingerprint density at radius 2 is 2.21 bits per heavy atom. The zero-order valence-electron chi connectivity index (χ0n) is 7.66. The molecule has 1 aromatic rings. The lowest BCUT2D eigenvalue weighted by Crippen LogP contribution is -2.02. The van der Waals surface area contributed by atoms with E-state index in [1.807, 2.05) is 0 Å². The summed E-state index contributed by atoms with van der Waals surface area (Å²) in [5.41, 5.74) is 0.600. The summed E-state index contributed by atoms with van der Waals surface area (Å²) in [7, 11) is 0. The molecule has 1 atom stereocenters. The van der Waals surface area contributed by atoms with Crippen molar-refractivity contribution in [3.63, 3.8) is 0 Å². The average Bonchev–Trinajstić information content (AvgIpc) is 2.47. The molecular weight excluding hydrogens is 183 g/mol. The van der Waals surface area contributed by atoms with Crippen LogP contribution in [0.3, 0.4) is 0 Å². The second-order valence-electron chi connectivity index (χ2n) is 3.25. The fourth-order valence-corrected chi connectivity index (χ4v) is 1.33. The van der Waals surface area contributed by atoms with Crippen LogP contribution in [0, 0.1) is 11.7 Å². The Balaban J connectivity index is 2.33. The molecule has 0 saturated carbocycles. The van der Waals surface area contributed by atoms with Gasteiger partial charge in [0.2, 0.25) is 0 Å². The van der Waals surface area contributed by atoms with Gasteiger partial charge in [0.25, 0.3) is 0 Å². The largest absolute Gasteiger partial charge is 0.426 e. The van der Waals surface area contributed by atoms with E-state index in [1.54, 1.807) is 25.1 Å². The predicted octanol–water partition coefficient (Wildman–Crippen LogP) is 2.36. The lowest BCUT2D eigenvalue weighted by molar-refractivity contribution is -0.137. The summed E-state index contributed by atoms with van der Waals surface area (Å²) in [6.07, 6.45) is 1.69. The summed E-state index contributed by atoms with van der Waals surface area (Å²) in [6.45, 7) is 1.74. The molecule has 1 aliphatic rings. The van der Waals surface area contributed by atoms with Gasteiger partial charge in [-0.25, -0.2) is 4.39 Å². The minimum atomic E-state index is -0.334. The van der Waals surface area contributed by atoms with Gasteiger partial charge in [0, 0.05) is 5.56 Å². The molecule has 0 aliphatic carbocycles. The third kappa shape index (κ3) is 1.53. The first-order chi connectivity index (χ1) is 6.66. The third-order valence-electron chi connectivity index (χ3n) is 2.09. The molecule has 0 N–H and O–H groups in total. The molecular formula is C11H9FO2. The van der Waals surface area contributed by atoms with Crippen LogP contribution in [0.15, 0.2) is 30.3 Å². The molecule has 1 heterocycles. The molecule has 0 bridgehead atoms. The first kappa shape index (κ1) is 8.94. The van der Waals surface area contributed by atoms with Crippen LogP contribution in [0.2, 0.25) is 0 Å². The Morgan fingerprint density at radius 1 is 1.43 bits per heavy atom. The number of rotatable bonds is 1. The fourth-order valence-electron chi connectivity index (χ4n) is 1.33. The highest BCUT2D eigenvalue weighted by Crippen LogP contribution is 2.26. The second kappa shape index (κ2) is 3.25. The van der Waals surface area contributed by atoms with Crippen LogP contribution in [0.1, 0.15) is 12.5 Å². The van der Waals surface area contributed by atoms with E-state index >= 15 is 0 Å². The maximum atomic E-state index is 12.8. The number of hydrogen-bond donors (Lipinski definition) is 0. The summed E-state index contributed by atoms with van der Waals surface area (Å²) in [6, 6.07) is 5.99. The summed E-state index contributed by atoms with van der Waals surface area (Å²) in [4.78, 5) is 11.1. The topological polar surface area (TPSA) is 26.3 Å². The zero-order valence-corrected chi connectivity index (χ0v) is 7.66. The van der Waals surface area contributed by atoms with Gasteiger partial charge in [0.15, 0.2) is 0 Å². The molecule has 1 unspecified atom stereocenters. The van der Waals surface area contributed by atoms with Crippen LogP contribution in [0.25, 0.3) is 5.76 Å². The van der Waals surface area contributed by atoms with Crippen LogP contribution >= 0.6 is 0 Å². The summed E-state index contributed by atoms with van der Waals surface area (Å²) >= 11 is 0. The van der Waals surface area contributed by atoms with Gasteiger partial charge >= 0.3 is 5.97 Å². The van der Waals surface area contributed by atoms with Crippen molar-refractivity contribution in [1.29, 1.82) is 0 Å². The molecule has 0 spiro atoms. The molecule has 0 saturated heterocycles. The average molecular weight is 192 g/mol. The molecule has 0 amide bonds. The predicted molar refractivity (Wildman–Crippen MR) is 49.6 cm³/mol. The van der Waals surface area contributed by atoms with E-state index in [9.17, 15) is 9.18 Å². The highest BCUT2D eigenvalue weighted by molar-refractivity contribution is 5.87. The van der Waals surface area contributed by atoms with E-state index in [2.05, 4.69) is 0 Å². The Bertz CT molecular complexity index is 410. The molecule has 1 aromatic carbocycles. The van der Waals surface area contributed by atoms with Gasteiger partial charge in [0.05, 0.1) is 5.92 Å². The molecule has 3 heteroatoms. The number of carbonyl (C=O) groups excluding carboxylic acids is 1. The smallest absolute Gasteiger partial charge is 0.318 e. The van der Waals surface area contributed by atoms with Crippen molar-refractivity contribution >= 4 is 11.7 Å². The maximum absolute atomic E-state index is 12.8. The van der Waals surface area contributed by atoms with Crippen LogP contribution in [-0.2, 0) is 9.53 Å². The molecule has 2 rings (SSSR count). The Kier molecular flexibility index (Phi) is 2.08. The van der Waals surface area contributed by atoms with Gasteiger partial charge < -0.3 is 4.74 Å².